The van der Waals surface area contributed by atoms with Gasteiger partial charge in [0.2, 0.25) is 0 Å². The highest BCUT2D eigenvalue weighted by atomic mass is 15.3. The molecule has 0 N–H and O–H groups in total. The zero-order valence-corrected chi connectivity index (χ0v) is 10.0. The summed E-state index contributed by atoms with van der Waals surface area (Å²) >= 11 is 0. The fourth-order valence-corrected chi connectivity index (χ4v) is 1.73. The fourth-order valence-electron chi connectivity index (χ4n) is 1.73. The summed E-state index contributed by atoms with van der Waals surface area (Å²) in [7, 11) is 4.00. The number of rotatable bonds is 3. The number of hydrogen-bond acceptors (Lipinski definition) is 2. The molecule has 3 heteroatoms. The minimum Gasteiger partial charge on any atom is -0.354 e. The molecule has 1 heterocycles. The molecule has 2 rings (SSSR count). The van der Waals surface area contributed by atoms with Gasteiger partial charge in [0.15, 0.2) is 5.82 Å². The maximum absolute atomic E-state index is 4.38. The molecule has 0 fully saturated rings. The predicted octanol–water partition coefficient (Wildman–Crippen LogP) is 2.36. The first-order valence-corrected chi connectivity index (χ1v) is 5.42. The van der Waals surface area contributed by atoms with Crippen LogP contribution in [0.1, 0.15) is 11.1 Å². The molecule has 0 aliphatic heterocycles. The number of nitrogens with zero attached hydrogens (tertiary/aromatic N) is 3. The van der Waals surface area contributed by atoms with Crippen molar-refractivity contribution >= 4 is 5.82 Å². The summed E-state index contributed by atoms with van der Waals surface area (Å²) in [6.45, 7) is 3.03. The van der Waals surface area contributed by atoms with Crippen molar-refractivity contribution in [3.8, 4) is 0 Å². The van der Waals surface area contributed by atoms with Crippen molar-refractivity contribution in [1.29, 1.82) is 0 Å². The van der Waals surface area contributed by atoms with Gasteiger partial charge in [-0.15, -0.1) is 0 Å². The highest BCUT2D eigenvalue weighted by Crippen LogP contribution is 2.14. The molecule has 1 aromatic carbocycles. The summed E-state index contributed by atoms with van der Waals surface area (Å²) in [4.78, 5) is 2.16. The summed E-state index contributed by atoms with van der Waals surface area (Å²) in [5, 5.41) is 4.38. The number of aryl methyl sites for hydroxylation is 2. The molecule has 3 nitrogen and oxygen atoms in total. The van der Waals surface area contributed by atoms with Crippen molar-refractivity contribution < 1.29 is 0 Å². The van der Waals surface area contributed by atoms with E-state index in [1.54, 1.807) is 0 Å². The molecule has 0 atom stereocenters. The van der Waals surface area contributed by atoms with Crippen LogP contribution in [0.2, 0.25) is 0 Å². The van der Waals surface area contributed by atoms with E-state index in [1.165, 1.54) is 11.1 Å². The van der Waals surface area contributed by atoms with Gasteiger partial charge in [-0.3, -0.25) is 4.68 Å². The van der Waals surface area contributed by atoms with E-state index < -0.39 is 0 Å². The van der Waals surface area contributed by atoms with Crippen LogP contribution < -0.4 is 4.90 Å². The molecule has 0 saturated carbocycles. The SMILES string of the molecule is Cc1ccccc1CN(C)c1ccn(C)n1. The van der Waals surface area contributed by atoms with Crippen LogP contribution in [0.4, 0.5) is 5.82 Å². The molecule has 0 amide bonds. The normalized spacial score (nSPS) is 10.4. The molecule has 0 bridgehead atoms. The van der Waals surface area contributed by atoms with Crippen molar-refractivity contribution in [2.45, 2.75) is 13.5 Å². The molecule has 2 aromatic rings. The average Bonchev–Trinajstić information content (AvgIpc) is 2.68. The lowest BCUT2D eigenvalue weighted by Gasteiger charge is -2.17. The van der Waals surface area contributed by atoms with Crippen molar-refractivity contribution in [3.63, 3.8) is 0 Å². The number of hydrogen-bond donors (Lipinski definition) is 0. The number of benzene rings is 1. The van der Waals surface area contributed by atoms with Crippen molar-refractivity contribution in [3.05, 3.63) is 47.7 Å². The minimum atomic E-state index is 0.893. The Labute approximate surface area is 96.3 Å². The molecule has 0 aliphatic carbocycles. The van der Waals surface area contributed by atoms with E-state index >= 15 is 0 Å². The molecule has 0 unspecified atom stereocenters. The zero-order chi connectivity index (χ0) is 11.5. The van der Waals surface area contributed by atoms with E-state index in [4.69, 9.17) is 0 Å². The first-order valence-electron chi connectivity index (χ1n) is 5.42. The van der Waals surface area contributed by atoms with Gasteiger partial charge in [0, 0.05) is 32.9 Å². The summed E-state index contributed by atoms with van der Waals surface area (Å²) in [5.74, 6) is 1.01. The molecule has 0 radical (unpaired) electrons. The third kappa shape index (κ3) is 2.24. The van der Waals surface area contributed by atoms with Gasteiger partial charge >= 0.3 is 0 Å². The highest BCUT2D eigenvalue weighted by Gasteiger charge is 2.05. The molecule has 16 heavy (non-hydrogen) atoms. The molecule has 0 saturated heterocycles. The summed E-state index contributed by atoms with van der Waals surface area (Å²) < 4.78 is 1.82. The minimum absolute atomic E-state index is 0.893. The standard InChI is InChI=1S/C13H17N3/c1-11-6-4-5-7-12(11)10-15(2)13-8-9-16(3)14-13/h4-9H,10H2,1-3H3. The lowest BCUT2D eigenvalue weighted by Crippen LogP contribution is -2.17. The Kier molecular flexibility index (Phi) is 2.95. The first kappa shape index (κ1) is 10.7. The Balaban J connectivity index is 2.13. The molecule has 0 aliphatic rings. The number of anilines is 1. The first-order chi connectivity index (χ1) is 7.66. The van der Waals surface area contributed by atoms with E-state index in [0.29, 0.717) is 0 Å². The number of aromatic nitrogens is 2. The summed E-state index contributed by atoms with van der Waals surface area (Å²) in [6, 6.07) is 10.5. The molecule has 84 valence electrons. The van der Waals surface area contributed by atoms with Crippen molar-refractivity contribution in [1.82, 2.24) is 9.78 Å². The molecule has 0 spiro atoms. The Morgan fingerprint density at radius 3 is 2.62 bits per heavy atom. The third-order valence-electron chi connectivity index (χ3n) is 2.76. The Bertz CT molecular complexity index is 474. The lowest BCUT2D eigenvalue weighted by molar-refractivity contribution is 0.751. The maximum atomic E-state index is 4.38. The van der Waals surface area contributed by atoms with Crippen molar-refractivity contribution in [2.75, 3.05) is 11.9 Å². The van der Waals surface area contributed by atoms with Crippen LogP contribution in [-0.4, -0.2) is 16.8 Å². The fraction of sp³-hybridized carbons (Fsp3) is 0.308. The highest BCUT2D eigenvalue weighted by molar-refractivity contribution is 5.38. The van der Waals surface area contributed by atoms with E-state index in [0.717, 1.165) is 12.4 Å². The average molecular weight is 215 g/mol. The largest absolute Gasteiger partial charge is 0.354 e. The second-order valence-corrected chi connectivity index (χ2v) is 4.13. The second-order valence-electron chi connectivity index (χ2n) is 4.13. The van der Waals surface area contributed by atoms with Crippen LogP contribution in [0.5, 0.6) is 0 Å². The van der Waals surface area contributed by atoms with Gasteiger partial charge < -0.3 is 4.90 Å². The second kappa shape index (κ2) is 4.39. The molecular weight excluding hydrogens is 198 g/mol. The van der Waals surface area contributed by atoms with Gasteiger partial charge in [0.25, 0.3) is 0 Å². The predicted molar refractivity (Wildman–Crippen MR) is 66.5 cm³/mol. The van der Waals surface area contributed by atoms with Crippen LogP contribution in [0.15, 0.2) is 36.5 Å². The lowest BCUT2D eigenvalue weighted by atomic mass is 10.1. The van der Waals surface area contributed by atoms with Crippen LogP contribution >= 0.6 is 0 Å². The molecule has 1 aromatic heterocycles. The maximum Gasteiger partial charge on any atom is 0.150 e. The van der Waals surface area contributed by atoms with Gasteiger partial charge in [-0.2, -0.15) is 5.10 Å². The quantitative estimate of drug-likeness (QED) is 0.783. The van der Waals surface area contributed by atoms with Crippen LogP contribution in [0, 0.1) is 6.92 Å². The topological polar surface area (TPSA) is 21.1 Å². The van der Waals surface area contributed by atoms with Gasteiger partial charge in [0.05, 0.1) is 0 Å². The smallest absolute Gasteiger partial charge is 0.150 e. The third-order valence-corrected chi connectivity index (χ3v) is 2.76. The zero-order valence-electron chi connectivity index (χ0n) is 10.0. The van der Waals surface area contributed by atoms with Crippen LogP contribution in [0.3, 0.4) is 0 Å². The van der Waals surface area contributed by atoms with E-state index in [1.807, 2.05) is 24.0 Å². The van der Waals surface area contributed by atoms with E-state index in [-0.39, 0.29) is 0 Å². The van der Waals surface area contributed by atoms with Crippen LogP contribution in [-0.2, 0) is 13.6 Å². The van der Waals surface area contributed by atoms with E-state index in [2.05, 4.69) is 48.2 Å². The van der Waals surface area contributed by atoms with Gasteiger partial charge in [-0.25, -0.2) is 0 Å². The van der Waals surface area contributed by atoms with Crippen molar-refractivity contribution in [2.24, 2.45) is 7.05 Å². The molecular formula is C13H17N3. The Morgan fingerprint density at radius 1 is 1.25 bits per heavy atom. The Hall–Kier alpha value is -1.77. The summed E-state index contributed by atoms with van der Waals surface area (Å²) in [5.41, 5.74) is 2.67. The van der Waals surface area contributed by atoms with Crippen LogP contribution in [0.25, 0.3) is 0 Å². The summed E-state index contributed by atoms with van der Waals surface area (Å²) in [6.07, 6.45) is 1.96. The van der Waals surface area contributed by atoms with E-state index in [9.17, 15) is 0 Å². The van der Waals surface area contributed by atoms with Gasteiger partial charge in [-0.05, 0) is 18.1 Å². The Morgan fingerprint density at radius 2 is 2.00 bits per heavy atom. The van der Waals surface area contributed by atoms with Gasteiger partial charge in [0.1, 0.15) is 0 Å². The monoisotopic (exact) mass is 215 g/mol. The van der Waals surface area contributed by atoms with Gasteiger partial charge in [-0.1, -0.05) is 24.3 Å².